The number of nitrogens with two attached hydrogens (primary N) is 1. The minimum atomic E-state index is 0.410. The highest BCUT2D eigenvalue weighted by molar-refractivity contribution is 5.09. The largest absolute Gasteiger partial charge is 0.324 e. The molecule has 1 fully saturated rings. The molecule has 1 aromatic heterocycles. The molecular weight excluding hydrogens is 164 g/mol. The highest BCUT2D eigenvalue weighted by Gasteiger charge is 2.17. The zero-order valence-electron chi connectivity index (χ0n) is 7.53. The van der Waals surface area contributed by atoms with Gasteiger partial charge >= 0.3 is 0 Å². The molecule has 0 radical (unpaired) electrons. The molecule has 0 aromatic carbocycles. The van der Waals surface area contributed by atoms with E-state index in [9.17, 15) is 0 Å². The third-order valence-corrected chi connectivity index (χ3v) is 2.33. The van der Waals surface area contributed by atoms with Crippen LogP contribution in [-0.2, 0) is 6.54 Å². The number of hydrogen-bond donors (Lipinski definition) is 2. The second kappa shape index (κ2) is 3.81. The van der Waals surface area contributed by atoms with Crippen LogP contribution >= 0.6 is 0 Å². The van der Waals surface area contributed by atoms with Crippen molar-refractivity contribution in [1.29, 1.82) is 0 Å². The monoisotopic (exact) mass is 178 g/mol. The van der Waals surface area contributed by atoms with Gasteiger partial charge in [0.2, 0.25) is 0 Å². The van der Waals surface area contributed by atoms with Crippen molar-refractivity contribution in [3.8, 4) is 0 Å². The van der Waals surface area contributed by atoms with Gasteiger partial charge in [-0.15, -0.1) is 0 Å². The van der Waals surface area contributed by atoms with Gasteiger partial charge in [0.25, 0.3) is 0 Å². The van der Waals surface area contributed by atoms with Crippen LogP contribution < -0.4 is 11.1 Å². The van der Waals surface area contributed by atoms with Crippen LogP contribution in [-0.4, -0.2) is 16.5 Å². The van der Waals surface area contributed by atoms with E-state index in [0.29, 0.717) is 12.6 Å². The third kappa shape index (κ3) is 1.84. The lowest BCUT2D eigenvalue weighted by atomic mass is 10.1. The molecule has 13 heavy (non-hydrogen) atoms. The van der Waals surface area contributed by atoms with Crippen LogP contribution in [0.15, 0.2) is 12.3 Å². The van der Waals surface area contributed by atoms with Crippen molar-refractivity contribution in [3.63, 3.8) is 0 Å². The lowest BCUT2D eigenvalue weighted by Crippen LogP contribution is -2.16. The molecule has 3 N–H and O–H groups in total. The molecule has 4 heteroatoms. The number of hydrogen-bond acceptors (Lipinski definition) is 4. The number of rotatable bonds is 2. The van der Waals surface area contributed by atoms with E-state index in [1.54, 1.807) is 6.20 Å². The SMILES string of the molecule is NCc1nccc(C2CCCN2)n1. The van der Waals surface area contributed by atoms with Crippen molar-refractivity contribution in [1.82, 2.24) is 15.3 Å². The highest BCUT2D eigenvalue weighted by atomic mass is 15.0. The zero-order valence-corrected chi connectivity index (χ0v) is 7.53. The molecule has 0 saturated carbocycles. The van der Waals surface area contributed by atoms with Gasteiger partial charge in [0.1, 0.15) is 5.82 Å². The van der Waals surface area contributed by atoms with Crippen LogP contribution in [0.5, 0.6) is 0 Å². The first-order valence-electron chi connectivity index (χ1n) is 4.65. The van der Waals surface area contributed by atoms with E-state index in [4.69, 9.17) is 5.73 Å². The van der Waals surface area contributed by atoms with Gasteiger partial charge in [-0.05, 0) is 25.5 Å². The average Bonchev–Trinajstić information content (AvgIpc) is 2.71. The average molecular weight is 178 g/mol. The summed E-state index contributed by atoms with van der Waals surface area (Å²) in [5.41, 5.74) is 6.55. The van der Waals surface area contributed by atoms with E-state index in [-0.39, 0.29) is 0 Å². The summed E-state index contributed by atoms with van der Waals surface area (Å²) in [6.45, 7) is 1.51. The quantitative estimate of drug-likeness (QED) is 0.686. The second-order valence-corrected chi connectivity index (χ2v) is 3.25. The summed E-state index contributed by atoms with van der Waals surface area (Å²) in [5, 5.41) is 3.39. The van der Waals surface area contributed by atoms with E-state index in [1.165, 1.54) is 12.8 Å². The van der Waals surface area contributed by atoms with Crippen LogP contribution in [0, 0.1) is 0 Å². The van der Waals surface area contributed by atoms with Gasteiger partial charge in [0, 0.05) is 12.2 Å². The Labute approximate surface area is 77.6 Å². The van der Waals surface area contributed by atoms with E-state index in [0.717, 1.165) is 18.1 Å². The summed E-state index contributed by atoms with van der Waals surface area (Å²) in [5.74, 6) is 0.728. The van der Waals surface area contributed by atoms with Gasteiger partial charge in [-0.2, -0.15) is 0 Å². The molecule has 1 unspecified atom stereocenters. The molecule has 4 nitrogen and oxygen atoms in total. The molecule has 0 amide bonds. The molecule has 2 rings (SSSR count). The van der Waals surface area contributed by atoms with Crippen LogP contribution in [0.3, 0.4) is 0 Å². The van der Waals surface area contributed by atoms with Crippen molar-refractivity contribution in [2.24, 2.45) is 5.73 Å². The Morgan fingerprint density at radius 1 is 1.62 bits per heavy atom. The molecule has 0 spiro atoms. The first-order valence-corrected chi connectivity index (χ1v) is 4.65. The summed E-state index contributed by atoms with van der Waals surface area (Å²) in [4.78, 5) is 8.44. The number of nitrogens with one attached hydrogen (secondary N) is 1. The zero-order chi connectivity index (χ0) is 9.10. The molecule has 0 bridgehead atoms. The molecule has 1 atom stereocenters. The molecule has 1 saturated heterocycles. The maximum Gasteiger partial charge on any atom is 0.142 e. The molecule has 0 aliphatic carbocycles. The summed E-state index contributed by atoms with van der Waals surface area (Å²) < 4.78 is 0. The van der Waals surface area contributed by atoms with Crippen LogP contribution in [0.2, 0.25) is 0 Å². The van der Waals surface area contributed by atoms with Crippen LogP contribution in [0.1, 0.15) is 30.4 Å². The minimum Gasteiger partial charge on any atom is -0.324 e. The normalized spacial score (nSPS) is 22.1. The van der Waals surface area contributed by atoms with E-state index >= 15 is 0 Å². The Hall–Kier alpha value is -1.00. The summed E-state index contributed by atoms with van der Waals surface area (Å²) in [7, 11) is 0. The Bertz CT molecular complexity index is 281. The van der Waals surface area contributed by atoms with Gasteiger partial charge in [-0.1, -0.05) is 0 Å². The lowest BCUT2D eigenvalue weighted by Gasteiger charge is -2.09. The molecule has 1 aliphatic heterocycles. The molecule has 70 valence electrons. The van der Waals surface area contributed by atoms with Gasteiger partial charge in [0.05, 0.1) is 12.2 Å². The van der Waals surface area contributed by atoms with E-state index in [2.05, 4.69) is 15.3 Å². The summed E-state index contributed by atoms with van der Waals surface area (Å²) >= 11 is 0. The second-order valence-electron chi connectivity index (χ2n) is 3.25. The van der Waals surface area contributed by atoms with Crippen LogP contribution in [0.4, 0.5) is 0 Å². The number of aromatic nitrogens is 2. The molecule has 1 aliphatic rings. The predicted molar refractivity (Wildman–Crippen MR) is 49.9 cm³/mol. The Kier molecular flexibility index (Phi) is 2.52. The topological polar surface area (TPSA) is 63.8 Å². The van der Waals surface area contributed by atoms with Crippen molar-refractivity contribution in [2.75, 3.05) is 6.54 Å². The van der Waals surface area contributed by atoms with Crippen LogP contribution in [0.25, 0.3) is 0 Å². The van der Waals surface area contributed by atoms with Crippen molar-refractivity contribution >= 4 is 0 Å². The first kappa shape index (κ1) is 8.59. The minimum absolute atomic E-state index is 0.410. The fourth-order valence-corrected chi connectivity index (χ4v) is 1.64. The van der Waals surface area contributed by atoms with E-state index in [1.807, 2.05) is 6.07 Å². The van der Waals surface area contributed by atoms with Gasteiger partial charge < -0.3 is 11.1 Å². The lowest BCUT2D eigenvalue weighted by molar-refractivity contribution is 0.619. The van der Waals surface area contributed by atoms with E-state index < -0.39 is 0 Å². The van der Waals surface area contributed by atoms with Gasteiger partial charge in [-0.3, -0.25) is 0 Å². The standard InChI is InChI=1S/C9H14N4/c10-6-9-12-5-3-8(13-9)7-2-1-4-11-7/h3,5,7,11H,1-2,4,6,10H2. The van der Waals surface area contributed by atoms with Crippen molar-refractivity contribution in [2.45, 2.75) is 25.4 Å². The fourth-order valence-electron chi connectivity index (χ4n) is 1.64. The Balaban J connectivity index is 2.18. The third-order valence-electron chi connectivity index (χ3n) is 2.33. The van der Waals surface area contributed by atoms with Gasteiger partial charge in [0.15, 0.2) is 0 Å². The van der Waals surface area contributed by atoms with Gasteiger partial charge in [-0.25, -0.2) is 9.97 Å². The Morgan fingerprint density at radius 3 is 3.23 bits per heavy atom. The smallest absolute Gasteiger partial charge is 0.142 e. The maximum absolute atomic E-state index is 5.47. The highest BCUT2D eigenvalue weighted by Crippen LogP contribution is 2.20. The number of nitrogens with zero attached hydrogens (tertiary/aromatic N) is 2. The first-order chi connectivity index (χ1) is 6.40. The molecular formula is C9H14N4. The summed E-state index contributed by atoms with van der Waals surface area (Å²) in [6, 6.07) is 2.37. The maximum atomic E-state index is 5.47. The van der Waals surface area contributed by atoms with Crippen molar-refractivity contribution in [3.05, 3.63) is 23.8 Å². The molecule has 2 heterocycles. The summed E-state index contributed by atoms with van der Waals surface area (Å²) in [6.07, 6.45) is 4.18. The predicted octanol–water partition coefficient (Wildman–Crippen LogP) is 0.360. The van der Waals surface area contributed by atoms with Crippen molar-refractivity contribution < 1.29 is 0 Å². The fraction of sp³-hybridized carbons (Fsp3) is 0.556. The Morgan fingerprint density at radius 2 is 2.54 bits per heavy atom. The molecule has 1 aromatic rings.